The average Bonchev–Trinajstić information content (AvgIpc) is 2.52. The van der Waals surface area contributed by atoms with Crippen molar-refractivity contribution in [3.8, 4) is 0 Å². The largest absolute Gasteiger partial charge is 0.378 e. The van der Waals surface area contributed by atoms with Crippen molar-refractivity contribution in [1.82, 2.24) is 0 Å². The zero-order chi connectivity index (χ0) is 14.2. The molecule has 0 bridgehead atoms. The third kappa shape index (κ3) is 3.82. The second-order valence-corrected chi connectivity index (χ2v) is 4.72. The Labute approximate surface area is 120 Å². The molecule has 20 heavy (non-hydrogen) atoms. The topological polar surface area (TPSA) is 29.1 Å². The maximum Gasteiger partial charge on any atom is 0.152 e. The maximum atomic E-state index is 11.0. The molecule has 1 N–H and O–H groups in total. The van der Waals surface area contributed by atoms with E-state index >= 15 is 0 Å². The van der Waals surface area contributed by atoms with Gasteiger partial charge in [0.15, 0.2) is 6.29 Å². The van der Waals surface area contributed by atoms with Crippen LogP contribution in [-0.4, -0.2) is 12.3 Å². The summed E-state index contributed by atoms with van der Waals surface area (Å²) in [6.45, 7) is 3.87. The van der Waals surface area contributed by atoms with Gasteiger partial charge in [0.05, 0.1) is 0 Å². The van der Waals surface area contributed by atoms with Gasteiger partial charge in [0, 0.05) is 17.3 Å². The lowest BCUT2D eigenvalue weighted by Crippen LogP contribution is -2.18. The van der Waals surface area contributed by atoms with Crippen LogP contribution in [0.1, 0.15) is 22.3 Å². The number of aryl methyl sites for hydroxylation is 1. The van der Waals surface area contributed by atoms with Gasteiger partial charge < -0.3 is 5.32 Å². The molecule has 0 amide bonds. The van der Waals surface area contributed by atoms with Crippen molar-refractivity contribution in [2.75, 3.05) is 5.32 Å². The molecular weight excluding hydrogens is 246 g/mol. The molecule has 2 aromatic rings. The van der Waals surface area contributed by atoms with Crippen molar-refractivity contribution in [2.45, 2.75) is 18.9 Å². The first kappa shape index (κ1) is 14.1. The molecule has 0 saturated heterocycles. The maximum absolute atomic E-state index is 11.0. The second kappa shape index (κ2) is 7.29. The van der Waals surface area contributed by atoms with Crippen molar-refractivity contribution in [2.24, 2.45) is 0 Å². The summed E-state index contributed by atoms with van der Waals surface area (Å²) in [5.41, 5.74) is 2.85. The minimum absolute atomic E-state index is 0.149. The molecule has 0 aliphatic heterocycles. The number of carbonyl (C=O) groups excluding carboxylic acids is 1. The number of hydrogen-bond donors (Lipinski definition) is 1. The van der Waals surface area contributed by atoms with E-state index in [0.717, 1.165) is 24.8 Å². The predicted molar refractivity (Wildman–Crippen MR) is 84.2 cm³/mol. The molecule has 0 aromatic heterocycles. The minimum atomic E-state index is 0.149. The molecule has 0 spiro atoms. The summed E-state index contributed by atoms with van der Waals surface area (Å²) >= 11 is 0. The first-order valence-electron chi connectivity index (χ1n) is 6.80. The van der Waals surface area contributed by atoms with Crippen LogP contribution in [0.2, 0.25) is 0 Å². The zero-order valence-corrected chi connectivity index (χ0v) is 11.5. The molecule has 0 aliphatic carbocycles. The Balaban J connectivity index is 1.99. The van der Waals surface area contributed by atoms with Crippen LogP contribution >= 0.6 is 0 Å². The highest BCUT2D eigenvalue weighted by Crippen LogP contribution is 2.16. The smallest absolute Gasteiger partial charge is 0.152 e. The minimum Gasteiger partial charge on any atom is -0.378 e. The van der Waals surface area contributed by atoms with Crippen LogP contribution in [0.25, 0.3) is 0 Å². The summed E-state index contributed by atoms with van der Waals surface area (Å²) < 4.78 is 0. The summed E-state index contributed by atoms with van der Waals surface area (Å²) in [5.74, 6) is 0. The summed E-state index contributed by atoms with van der Waals surface area (Å²) in [5, 5.41) is 3.37. The van der Waals surface area contributed by atoms with Crippen molar-refractivity contribution in [3.63, 3.8) is 0 Å². The molecule has 0 aliphatic rings. The predicted octanol–water partition coefficient (Wildman–Crippen LogP) is 4.10. The van der Waals surface area contributed by atoms with E-state index < -0.39 is 0 Å². The molecular formula is C18H19NO. The number of anilines is 1. The van der Waals surface area contributed by atoms with Crippen LogP contribution in [0, 0.1) is 0 Å². The summed E-state index contributed by atoms with van der Waals surface area (Å²) in [7, 11) is 0. The van der Waals surface area contributed by atoms with Gasteiger partial charge in [-0.15, -0.1) is 6.58 Å². The summed E-state index contributed by atoms with van der Waals surface area (Å²) in [6.07, 6.45) is 4.69. The van der Waals surface area contributed by atoms with E-state index in [1.54, 1.807) is 0 Å². The second-order valence-electron chi connectivity index (χ2n) is 4.72. The first-order chi connectivity index (χ1) is 9.83. The molecule has 102 valence electrons. The van der Waals surface area contributed by atoms with Crippen LogP contribution in [0.15, 0.2) is 67.3 Å². The molecule has 0 radical (unpaired) electrons. The highest BCUT2D eigenvalue weighted by molar-refractivity contribution is 5.84. The molecule has 0 heterocycles. The molecule has 2 heteroatoms. The van der Waals surface area contributed by atoms with E-state index in [9.17, 15) is 4.79 Å². The lowest BCUT2D eigenvalue weighted by molar-refractivity contribution is 0.112. The third-order valence-corrected chi connectivity index (χ3v) is 3.30. The first-order valence-corrected chi connectivity index (χ1v) is 6.80. The Bertz CT molecular complexity index is 563. The number of para-hydroxylation sites is 1. The van der Waals surface area contributed by atoms with Crippen molar-refractivity contribution in [3.05, 3.63) is 78.4 Å². The number of aldehydes is 1. The van der Waals surface area contributed by atoms with Crippen molar-refractivity contribution >= 4 is 12.0 Å². The molecule has 1 atom stereocenters. The van der Waals surface area contributed by atoms with Gasteiger partial charge in [-0.2, -0.15) is 0 Å². The van der Waals surface area contributed by atoms with E-state index in [0.29, 0.717) is 5.56 Å². The lowest BCUT2D eigenvalue weighted by atomic mass is 10.0. The Morgan fingerprint density at radius 3 is 2.45 bits per heavy atom. The van der Waals surface area contributed by atoms with E-state index in [4.69, 9.17) is 0 Å². The van der Waals surface area contributed by atoms with Crippen LogP contribution < -0.4 is 5.32 Å². The molecule has 0 saturated carbocycles. The molecule has 2 rings (SSSR count). The number of benzene rings is 2. The van der Waals surface area contributed by atoms with Crippen molar-refractivity contribution in [1.29, 1.82) is 0 Å². The van der Waals surface area contributed by atoms with Crippen LogP contribution in [0.5, 0.6) is 0 Å². The number of hydrogen-bond acceptors (Lipinski definition) is 2. The third-order valence-electron chi connectivity index (χ3n) is 3.30. The van der Waals surface area contributed by atoms with Gasteiger partial charge in [-0.25, -0.2) is 0 Å². The molecule has 2 aromatic carbocycles. The quantitative estimate of drug-likeness (QED) is 0.603. The van der Waals surface area contributed by atoms with E-state index in [1.807, 2.05) is 48.5 Å². The van der Waals surface area contributed by atoms with Crippen LogP contribution in [0.3, 0.4) is 0 Å². The summed E-state index contributed by atoms with van der Waals surface area (Å²) in [6, 6.07) is 18.0. The molecule has 2 nitrogen and oxygen atoms in total. The Morgan fingerprint density at radius 2 is 1.75 bits per heavy atom. The van der Waals surface area contributed by atoms with Crippen molar-refractivity contribution < 1.29 is 4.79 Å². The van der Waals surface area contributed by atoms with Crippen LogP contribution in [0.4, 0.5) is 5.69 Å². The fourth-order valence-electron chi connectivity index (χ4n) is 2.15. The fraction of sp³-hybridized carbons (Fsp3) is 0.167. The number of nitrogens with one attached hydrogen (secondary N) is 1. The highest BCUT2D eigenvalue weighted by atomic mass is 16.1. The van der Waals surface area contributed by atoms with E-state index in [-0.39, 0.29) is 6.04 Å². The fourth-order valence-corrected chi connectivity index (χ4v) is 2.15. The summed E-state index contributed by atoms with van der Waals surface area (Å²) in [4.78, 5) is 11.0. The van der Waals surface area contributed by atoms with E-state index in [1.165, 1.54) is 5.56 Å². The Morgan fingerprint density at radius 1 is 1.05 bits per heavy atom. The van der Waals surface area contributed by atoms with Crippen LogP contribution in [-0.2, 0) is 6.42 Å². The van der Waals surface area contributed by atoms with Gasteiger partial charge in [-0.1, -0.05) is 48.5 Å². The van der Waals surface area contributed by atoms with Gasteiger partial charge in [0.1, 0.15) is 0 Å². The van der Waals surface area contributed by atoms with Gasteiger partial charge >= 0.3 is 0 Å². The average molecular weight is 265 g/mol. The number of carbonyl (C=O) groups is 1. The standard InChI is InChI=1S/C18H19NO/c1-2-17(13-12-15-8-4-3-5-9-15)19-18-11-7-6-10-16(18)14-20/h2-11,14,17,19H,1,12-13H2. The van der Waals surface area contributed by atoms with Gasteiger partial charge in [-0.3, -0.25) is 4.79 Å². The van der Waals surface area contributed by atoms with Gasteiger partial charge in [0.2, 0.25) is 0 Å². The zero-order valence-electron chi connectivity index (χ0n) is 11.5. The van der Waals surface area contributed by atoms with Gasteiger partial charge in [-0.05, 0) is 30.5 Å². The van der Waals surface area contributed by atoms with Gasteiger partial charge in [0.25, 0.3) is 0 Å². The Hall–Kier alpha value is -2.35. The molecule has 1 unspecified atom stereocenters. The van der Waals surface area contributed by atoms with E-state index in [2.05, 4.69) is 24.0 Å². The molecule has 0 fully saturated rings. The number of rotatable bonds is 7. The highest BCUT2D eigenvalue weighted by Gasteiger charge is 2.07. The SMILES string of the molecule is C=CC(CCc1ccccc1)Nc1ccccc1C=O. The monoisotopic (exact) mass is 265 g/mol. The normalized spacial score (nSPS) is 11.6. The lowest BCUT2D eigenvalue weighted by Gasteiger charge is -2.17. The Kier molecular flexibility index (Phi) is 5.13.